The summed E-state index contributed by atoms with van der Waals surface area (Å²) >= 11 is 0. The topological polar surface area (TPSA) is 22.3 Å². The number of para-hydroxylation sites is 1. The van der Waals surface area contributed by atoms with E-state index >= 15 is 0 Å². The van der Waals surface area contributed by atoms with Gasteiger partial charge in [-0.2, -0.15) is 0 Å². The van der Waals surface area contributed by atoms with Crippen molar-refractivity contribution in [3.63, 3.8) is 0 Å². The van der Waals surface area contributed by atoms with Crippen LogP contribution < -0.4 is 0 Å². The van der Waals surface area contributed by atoms with Crippen LogP contribution in [-0.2, 0) is 6.42 Å². The molecule has 2 aromatic rings. The van der Waals surface area contributed by atoms with E-state index in [1.165, 1.54) is 55.6 Å². The van der Waals surface area contributed by atoms with Gasteiger partial charge >= 0.3 is 0 Å². The average molecular weight is 283 g/mol. The highest BCUT2D eigenvalue weighted by Gasteiger charge is 2.38. The molecular weight excluding hydrogens is 258 g/mol. The summed E-state index contributed by atoms with van der Waals surface area (Å²) in [5, 5.41) is 1.47. The normalized spacial score (nSPS) is 25.5. The molecule has 3 heteroatoms. The Morgan fingerprint density at radius 3 is 2.95 bits per heavy atom. The molecule has 1 aliphatic heterocycles. The first-order chi connectivity index (χ1) is 10.2. The van der Waals surface area contributed by atoms with Gasteiger partial charge in [0.15, 0.2) is 0 Å². The van der Waals surface area contributed by atoms with E-state index in [9.17, 15) is 0 Å². The number of rotatable bonds is 3. The third kappa shape index (κ3) is 2.29. The largest absolute Gasteiger partial charge is 0.358 e. The summed E-state index contributed by atoms with van der Waals surface area (Å²) in [7, 11) is 4.34. The van der Waals surface area contributed by atoms with E-state index in [1.807, 2.05) is 0 Å². The van der Waals surface area contributed by atoms with Crippen molar-refractivity contribution in [3.05, 3.63) is 35.5 Å². The number of hydrogen-bond donors (Lipinski definition) is 1. The first kappa shape index (κ1) is 13.4. The van der Waals surface area contributed by atoms with E-state index in [1.54, 1.807) is 5.56 Å². The molecular formula is C18H25N3. The number of fused-ring (bicyclic) bond motifs is 5. The molecule has 1 fully saturated rings. The van der Waals surface area contributed by atoms with Gasteiger partial charge in [0.05, 0.1) is 0 Å². The molecule has 2 atom stereocenters. The van der Waals surface area contributed by atoms with E-state index in [0.29, 0.717) is 0 Å². The quantitative estimate of drug-likeness (QED) is 0.935. The molecule has 1 N–H and O–H groups in total. The van der Waals surface area contributed by atoms with Gasteiger partial charge in [-0.1, -0.05) is 18.2 Å². The SMILES string of the molecule is CN(C)CCN1C[C@@H]2CCc3[nH]c4ccccc4c3[C@@H]2C1. The van der Waals surface area contributed by atoms with Gasteiger partial charge < -0.3 is 14.8 Å². The zero-order chi connectivity index (χ0) is 14.4. The number of likely N-dealkylation sites (N-methyl/N-ethyl adjacent to an activating group) is 1. The Morgan fingerprint density at radius 1 is 1.24 bits per heavy atom. The number of aryl methyl sites for hydroxylation is 1. The van der Waals surface area contributed by atoms with Gasteiger partial charge in [-0.25, -0.2) is 0 Å². The second-order valence-electron chi connectivity index (χ2n) is 7.03. The molecule has 2 heterocycles. The van der Waals surface area contributed by atoms with Crippen molar-refractivity contribution in [2.24, 2.45) is 5.92 Å². The Bertz CT molecular complexity index is 643. The van der Waals surface area contributed by atoms with Gasteiger partial charge in [-0.3, -0.25) is 0 Å². The van der Waals surface area contributed by atoms with Gasteiger partial charge in [0.25, 0.3) is 0 Å². The average Bonchev–Trinajstić information content (AvgIpc) is 3.04. The highest BCUT2D eigenvalue weighted by Crippen LogP contribution is 2.44. The van der Waals surface area contributed by atoms with Gasteiger partial charge in [0.2, 0.25) is 0 Å². The maximum Gasteiger partial charge on any atom is 0.0459 e. The molecule has 1 aromatic carbocycles. The molecule has 0 spiro atoms. The summed E-state index contributed by atoms with van der Waals surface area (Å²) in [6.07, 6.45) is 2.58. The Hall–Kier alpha value is -1.32. The van der Waals surface area contributed by atoms with Crippen LogP contribution in [0, 0.1) is 5.92 Å². The zero-order valence-electron chi connectivity index (χ0n) is 13.1. The Morgan fingerprint density at radius 2 is 2.10 bits per heavy atom. The van der Waals surface area contributed by atoms with Gasteiger partial charge in [0.1, 0.15) is 0 Å². The summed E-state index contributed by atoms with van der Waals surface area (Å²) in [5.74, 6) is 1.60. The number of aromatic nitrogens is 1. The predicted molar refractivity (Wildman–Crippen MR) is 87.8 cm³/mol. The minimum absolute atomic E-state index is 0.743. The molecule has 0 bridgehead atoms. The van der Waals surface area contributed by atoms with Crippen LogP contribution in [0.3, 0.4) is 0 Å². The van der Waals surface area contributed by atoms with E-state index in [-0.39, 0.29) is 0 Å². The zero-order valence-corrected chi connectivity index (χ0v) is 13.1. The summed E-state index contributed by atoms with van der Waals surface area (Å²) in [5.41, 5.74) is 4.47. The van der Waals surface area contributed by atoms with Crippen molar-refractivity contribution in [3.8, 4) is 0 Å². The maximum absolute atomic E-state index is 3.67. The van der Waals surface area contributed by atoms with Crippen LogP contribution in [0.2, 0.25) is 0 Å². The third-order valence-electron chi connectivity index (χ3n) is 5.34. The lowest BCUT2D eigenvalue weighted by Gasteiger charge is -2.24. The second-order valence-corrected chi connectivity index (χ2v) is 7.03. The smallest absolute Gasteiger partial charge is 0.0459 e. The van der Waals surface area contributed by atoms with Crippen molar-refractivity contribution >= 4 is 10.9 Å². The fourth-order valence-corrected chi connectivity index (χ4v) is 4.27. The summed E-state index contributed by atoms with van der Waals surface area (Å²) in [6.45, 7) is 4.91. The first-order valence-electron chi connectivity index (χ1n) is 8.19. The molecule has 3 nitrogen and oxygen atoms in total. The molecule has 1 aliphatic carbocycles. The van der Waals surface area contributed by atoms with Crippen LogP contribution in [0.1, 0.15) is 23.6 Å². The van der Waals surface area contributed by atoms with E-state index in [4.69, 9.17) is 0 Å². The molecule has 0 unspecified atom stereocenters. The molecule has 0 radical (unpaired) electrons. The lowest BCUT2D eigenvalue weighted by Crippen LogP contribution is -2.30. The van der Waals surface area contributed by atoms with Crippen LogP contribution in [0.25, 0.3) is 10.9 Å². The van der Waals surface area contributed by atoms with Gasteiger partial charge in [-0.05, 0) is 44.5 Å². The van der Waals surface area contributed by atoms with Crippen molar-refractivity contribution in [1.82, 2.24) is 14.8 Å². The fourth-order valence-electron chi connectivity index (χ4n) is 4.27. The van der Waals surface area contributed by atoms with Crippen LogP contribution in [0.5, 0.6) is 0 Å². The van der Waals surface area contributed by atoms with Crippen molar-refractivity contribution in [2.75, 3.05) is 40.3 Å². The molecule has 112 valence electrons. The molecule has 2 aliphatic rings. The number of benzene rings is 1. The van der Waals surface area contributed by atoms with Crippen molar-refractivity contribution in [1.29, 1.82) is 0 Å². The Kier molecular flexibility index (Phi) is 3.27. The molecule has 0 amide bonds. The maximum atomic E-state index is 3.67. The standard InChI is InChI=1S/C18H25N3/c1-20(2)9-10-21-11-13-7-8-17-18(15(13)12-21)14-5-3-4-6-16(14)19-17/h3-6,13,15,19H,7-12H2,1-2H3/t13-,15+/m0/s1. The molecule has 1 saturated heterocycles. The highest BCUT2D eigenvalue weighted by atomic mass is 15.2. The number of likely N-dealkylation sites (tertiary alicyclic amines) is 1. The fraction of sp³-hybridized carbons (Fsp3) is 0.556. The van der Waals surface area contributed by atoms with Crippen molar-refractivity contribution < 1.29 is 0 Å². The Balaban J connectivity index is 1.63. The molecule has 0 saturated carbocycles. The minimum Gasteiger partial charge on any atom is -0.358 e. The van der Waals surface area contributed by atoms with E-state index in [2.05, 4.69) is 53.1 Å². The molecule has 1 aromatic heterocycles. The van der Waals surface area contributed by atoms with Crippen LogP contribution in [0.4, 0.5) is 0 Å². The first-order valence-corrected chi connectivity index (χ1v) is 8.19. The lowest BCUT2D eigenvalue weighted by atomic mass is 9.79. The number of nitrogens with one attached hydrogen (secondary N) is 1. The predicted octanol–water partition coefficient (Wildman–Crippen LogP) is 2.69. The van der Waals surface area contributed by atoms with Crippen molar-refractivity contribution in [2.45, 2.75) is 18.8 Å². The molecule has 4 rings (SSSR count). The second kappa shape index (κ2) is 5.15. The van der Waals surface area contributed by atoms with Gasteiger partial charge in [-0.15, -0.1) is 0 Å². The van der Waals surface area contributed by atoms with E-state index in [0.717, 1.165) is 11.8 Å². The number of aromatic amines is 1. The van der Waals surface area contributed by atoms with E-state index < -0.39 is 0 Å². The van der Waals surface area contributed by atoms with Crippen LogP contribution >= 0.6 is 0 Å². The summed E-state index contributed by atoms with van der Waals surface area (Å²) < 4.78 is 0. The summed E-state index contributed by atoms with van der Waals surface area (Å²) in [6, 6.07) is 8.84. The van der Waals surface area contributed by atoms with Crippen LogP contribution in [0.15, 0.2) is 24.3 Å². The van der Waals surface area contributed by atoms with Crippen LogP contribution in [-0.4, -0.2) is 55.1 Å². The number of nitrogens with zero attached hydrogens (tertiary/aromatic N) is 2. The van der Waals surface area contributed by atoms with Gasteiger partial charge in [0, 0.05) is 48.7 Å². The minimum atomic E-state index is 0.743. The number of H-pyrrole nitrogens is 1. The lowest BCUT2D eigenvalue weighted by molar-refractivity contribution is 0.274. The number of hydrogen-bond acceptors (Lipinski definition) is 2. The molecule has 21 heavy (non-hydrogen) atoms. The monoisotopic (exact) mass is 283 g/mol. The Labute approximate surface area is 126 Å². The summed E-state index contributed by atoms with van der Waals surface area (Å²) in [4.78, 5) is 8.63. The third-order valence-corrected chi connectivity index (χ3v) is 5.34. The highest BCUT2D eigenvalue weighted by molar-refractivity contribution is 5.85.